The zero-order valence-electron chi connectivity index (χ0n) is 11.2. The molecule has 1 rings (SSSR count). The zero-order valence-corrected chi connectivity index (χ0v) is 12.8. The maximum atomic E-state index is 13.6. The summed E-state index contributed by atoms with van der Waals surface area (Å²) in [5, 5.41) is 3.33. The minimum absolute atomic E-state index is 0.000532. The fraction of sp³-hybridized carbons (Fsp3) is 0.571. The van der Waals surface area contributed by atoms with Gasteiger partial charge in [0.05, 0.1) is 0 Å². The second-order valence-electron chi connectivity index (χ2n) is 4.77. The molecule has 4 heteroatoms. The molecule has 1 atom stereocenters. The molecule has 0 saturated carbocycles. The van der Waals surface area contributed by atoms with E-state index in [0.717, 1.165) is 24.0 Å². The summed E-state index contributed by atoms with van der Waals surface area (Å²) in [6, 6.07) is 4.86. The van der Waals surface area contributed by atoms with Crippen LogP contribution >= 0.6 is 15.9 Å². The van der Waals surface area contributed by atoms with Crippen LogP contribution in [0.4, 0.5) is 4.39 Å². The van der Waals surface area contributed by atoms with Crippen LogP contribution in [0.5, 0.6) is 5.75 Å². The maximum absolute atomic E-state index is 13.6. The number of halogens is 2. The molecular weight excluding hydrogens is 297 g/mol. The highest BCUT2D eigenvalue weighted by Gasteiger charge is 2.11. The Balaban J connectivity index is 2.51. The van der Waals surface area contributed by atoms with Crippen LogP contribution < -0.4 is 10.1 Å². The molecule has 0 fully saturated rings. The van der Waals surface area contributed by atoms with Gasteiger partial charge in [0.25, 0.3) is 0 Å². The first-order valence-corrected chi connectivity index (χ1v) is 7.14. The van der Waals surface area contributed by atoms with Gasteiger partial charge in [0, 0.05) is 11.0 Å². The van der Waals surface area contributed by atoms with Crippen LogP contribution in [0, 0.1) is 11.7 Å². The van der Waals surface area contributed by atoms with Crippen molar-refractivity contribution in [1.29, 1.82) is 0 Å². The smallest absolute Gasteiger partial charge is 0.166 e. The molecule has 0 aliphatic heterocycles. The summed E-state index contributed by atoms with van der Waals surface area (Å²) in [5.74, 6) is 0.593. The molecule has 0 saturated heterocycles. The minimum atomic E-state index is -0.327. The molecule has 0 aliphatic carbocycles. The van der Waals surface area contributed by atoms with Crippen molar-refractivity contribution >= 4 is 15.9 Å². The van der Waals surface area contributed by atoms with E-state index in [1.54, 1.807) is 12.1 Å². The van der Waals surface area contributed by atoms with Crippen LogP contribution in [0.2, 0.25) is 0 Å². The Morgan fingerprint density at radius 1 is 1.33 bits per heavy atom. The molecule has 1 aromatic rings. The fourth-order valence-corrected chi connectivity index (χ4v) is 1.89. The molecule has 2 nitrogen and oxygen atoms in total. The van der Waals surface area contributed by atoms with Crippen molar-refractivity contribution in [3.8, 4) is 5.75 Å². The Labute approximate surface area is 117 Å². The van der Waals surface area contributed by atoms with Crippen LogP contribution in [0.1, 0.15) is 27.2 Å². The highest BCUT2D eigenvalue weighted by atomic mass is 79.9. The molecule has 0 amide bonds. The third-order valence-electron chi connectivity index (χ3n) is 2.57. The van der Waals surface area contributed by atoms with E-state index >= 15 is 0 Å². The highest BCUT2D eigenvalue weighted by molar-refractivity contribution is 9.10. The van der Waals surface area contributed by atoms with Crippen LogP contribution in [0.15, 0.2) is 22.7 Å². The molecule has 0 heterocycles. The van der Waals surface area contributed by atoms with Gasteiger partial charge in [0.1, 0.15) is 6.10 Å². The Bertz CT molecular complexity index is 371. The molecular formula is C14H21BrFNO. The van der Waals surface area contributed by atoms with Crippen molar-refractivity contribution in [1.82, 2.24) is 5.32 Å². The van der Waals surface area contributed by atoms with Gasteiger partial charge in [-0.3, -0.25) is 0 Å². The molecule has 0 radical (unpaired) electrons. The standard InChI is InChI=1S/C14H21BrFNO/c1-4-12(9-17-8-10(2)3)18-14-6-5-11(15)7-13(14)16/h5-7,10,12,17H,4,8-9H2,1-3H3. The third kappa shape index (κ3) is 5.36. The summed E-state index contributed by atoms with van der Waals surface area (Å²) in [7, 11) is 0. The Kier molecular flexibility index (Phi) is 6.65. The van der Waals surface area contributed by atoms with Gasteiger partial charge in [-0.1, -0.05) is 36.7 Å². The van der Waals surface area contributed by atoms with Crippen molar-refractivity contribution in [3.63, 3.8) is 0 Å². The van der Waals surface area contributed by atoms with Crippen LogP contribution in [0.25, 0.3) is 0 Å². The Hall–Kier alpha value is -0.610. The number of benzene rings is 1. The van der Waals surface area contributed by atoms with E-state index in [0.29, 0.717) is 11.7 Å². The van der Waals surface area contributed by atoms with E-state index in [9.17, 15) is 4.39 Å². The molecule has 0 aromatic heterocycles. The molecule has 102 valence electrons. The summed E-state index contributed by atoms with van der Waals surface area (Å²) in [5.41, 5.74) is 0. The molecule has 0 aliphatic rings. The number of ether oxygens (including phenoxy) is 1. The van der Waals surface area contributed by atoms with Crippen LogP contribution in [-0.4, -0.2) is 19.2 Å². The van der Waals surface area contributed by atoms with E-state index in [-0.39, 0.29) is 11.9 Å². The maximum Gasteiger partial charge on any atom is 0.166 e. The quantitative estimate of drug-likeness (QED) is 0.821. The van der Waals surface area contributed by atoms with Crippen molar-refractivity contribution in [2.24, 2.45) is 5.92 Å². The minimum Gasteiger partial charge on any atom is -0.486 e. The zero-order chi connectivity index (χ0) is 13.5. The number of nitrogens with one attached hydrogen (secondary N) is 1. The molecule has 1 unspecified atom stereocenters. The second-order valence-corrected chi connectivity index (χ2v) is 5.69. The predicted octanol–water partition coefficient (Wildman–Crippen LogP) is 3.99. The second kappa shape index (κ2) is 7.74. The fourth-order valence-electron chi connectivity index (χ4n) is 1.55. The lowest BCUT2D eigenvalue weighted by Crippen LogP contribution is -2.33. The molecule has 1 N–H and O–H groups in total. The van der Waals surface area contributed by atoms with Gasteiger partial charge < -0.3 is 10.1 Å². The van der Waals surface area contributed by atoms with Gasteiger partial charge in [-0.25, -0.2) is 4.39 Å². The molecule has 0 spiro atoms. The summed E-state index contributed by atoms with van der Waals surface area (Å²) in [6.45, 7) is 8.04. The molecule has 1 aromatic carbocycles. The van der Waals surface area contributed by atoms with Gasteiger partial charge in [0.15, 0.2) is 11.6 Å². The average molecular weight is 318 g/mol. The summed E-state index contributed by atoms with van der Waals surface area (Å²) in [4.78, 5) is 0. The number of rotatable bonds is 7. The molecule has 0 bridgehead atoms. The van der Waals surface area contributed by atoms with E-state index in [1.807, 2.05) is 6.92 Å². The number of hydrogen-bond acceptors (Lipinski definition) is 2. The van der Waals surface area contributed by atoms with Crippen LogP contribution in [0.3, 0.4) is 0 Å². The van der Waals surface area contributed by atoms with Gasteiger partial charge in [-0.2, -0.15) is 0 Å². The van der Waals surface area contributed by atoms with E-state index in [2.05, 4.69) is 35.1 Å². The van der Waals surface area contributed by atoms with E-state index in [4.69, 9.17) is 4.74 Å². The SMILES string of the molecule is CCC(CNCC(C)C)Oc1ccc(Br)cc1F. The molecule has 18 heavy (non-hydrogen) atoms. The van der Waals surface area contributed by atoms with Gasteiger partial charge in [-0.15, -0.1) is 0 Å². The van der Waals surface area contributed by atoms with Gasteiger partial charge in [0.2, 0.25) is 0 Å². The van der Waals surface area contributed by atoms with E-state index < -0.39 is 0 Å². The highest BCUT2D eigenvalue weighted by Crippen LogP contribution is 2.22. The van der Waals surface area contributed by atoms with Gasteiger partial charge in [-0.05, 0) is 37.1 Å². The topological polar surface area (TPSA) is 21.3 Å². The monoisotopic (exact) mass is 317 g/mol. The predicted molar refractivity (Wildman–Crippen MR) is 76.5 cm³/mol. The van der Waals surface area contributed by atoms with Gasteiger partial charge >= 0.3 is 0 Å². The van der Waals surface area contributed by atoms with E-state index in [1.165, 1.54) is 6.07 Å². The first kappa shape index (κ1) is 15.4. The first-order valence-electron chi connectivity index (χ1n) is 6.35. The van der Waals surface area contributed by atoms with Crippen molar-refractivity contribution in [3.05, 3.63) is 28.5 Å². The van der Waals surface area contributed by atoms with Crippen LogP contribution in [-0.2, 0) is 0 Å². The summed E-state index contributed by atoms with van der Waals surface area (Å²) < 4.78 is 20.0. The Morgan fingerprint density at radius 3 is 2.61 bits per heavy atom. The lowest BCUT2D eigenvalue weighted by molar-refractivity contribution is 0.184. The lowest BCUT2D eigenvalue weighted by atomic mass is 10.2. The van der Waals surface area contributed by atoms with Crippen molar-refractivity contribution < 1.29 is 9.13 Å². The third-order valence-corrected chi connectivity index (χ3v) is 3.06. The largest absolute Gasteiger partial charge is 0.486 e. The average Bonchev–Trinajstić information content (AvgIpc) is 2.30. The first-order chi connectivity index (χ1) is 8.52. The lowest BCUT2D eigenvalue weighted by Gasteiger charge is -2.19. The summed E-state index contributed by atoms with van der Waals surface area (Å²) in [6.07, 6.45) is 0.847. The number of hydrogen-bond donors (Lipinski definition) is 1. The van der Waals surface area contributed by atoms with Crippen molar-refractivity contribution in [2.45, 2.75) is 33.3 Å². The Morgan fingerprint density at radius 2 is 2.06 bits per heavy atom. The normalized spacial score (nSPS) is 12.8. The van der Waals surface area contributed by atoms with Crippen molar-refractivity contribution in [2.75, 3.05) is 13.1 Å². The summed E-state index contributed by atoms with van der Waals surface area (Å²) >= 11 is 3.23.